The molecule has 0 aromatic heterocycles. The van der Waals surface area contributed by atoms with Crippen molar-refractivity contribution in [3.8, 4) is 0 Å². The van der Waals surface area contributed by atoms with Gasteiger partial charge in [0.05, 0.1) is 0 Å². The van der Waals surface area contributed by atoms with Crippen LogP contribution in [0.1, 0.15) is 38.2 Å². The molecule has 2 rings (SSSR count). The van der Waals surface area contributed by atoms with Crippen LogP contribution in [-0.4, -0.2) is 24.2 Å². The fourth-order valence-corrected chi connectivity index (χ4v) is 3.05. The van der Waals surface area contributed by atoms with Crippen LogP contribution in [0.15, 0.2) is 30.3 Å². The van der Waals surface area contributed by atoms with Crippen LogP contribution in [0, 0.1) is 5.92 Å². The van der Waals surface area contributed by atoms with Crippen molar-refractivity contribution in [2.45, 2.75) is 38.6 Å². The van der Waals surface area contributed by atoms with Crippen molar-refractivity contribution >= 4 is 17.7 Å². The highest BCUT2D eigenvalue weighted by Gasteiger charge is 2.24. The Bertz CT molecular complexity index is 478. The van der Waals surface area contributed by atoms with Gasteiger partial charge in [-0.25, -0.2) is 4.79 Å². The third-order valence-electron chi connectivity index (χ3n) is 4.28. The summed E-state index contributed by atoms with van der Waals surface area (Å²) in [5, 5.41) is 8.62. The molecule has 20 heavy (non-hydrogen) atoms. The predicted molar refractivity (Wildman–Crippen MR) is 82.9 cm³/mol. The zero-order valence-electron chi connectivity index (χ0n) is 12.2. The van der Waals surface area contributed by atoms with Crippen LogP contribution in [0.4, 0.5) is 5.69 Å². The van der Waals surface area contributed by atoms with E-state index in [1.807, 2.05) is 12.1 Å². The first-order chi connectivity index (χ1) is 9.58. The smallest absolute Gasteiger partial charge is 0.328 e. The van der Waals surface area contributed by atoms with Gasteiger partial charge in [-0.3, -0.25) is 0 Å². The molecule has 0 heterocycles. The van der Waals surface area contributed by atoms with Crippen LogP contribution >= 0.6 is 0 Å². The number of carboxylic acids is 1. The van der Waals surface area contributed by atoms with Crippen LogP contribution in [-0.2, 0) is 4.79 Å². The third kappa shape index (κ3) is 3.62. The Kier molecular flexibility index (Phi) is 4.83. The Morgan fingerprint density at radius 3 is 2.50 bits per heavy atom. The number of rotatable bonds is 4. The number of aliphatic carboxylic acids is 1. The fraction of sp³-hybridized carbons (Fsp3) is 0.471. The van der Waals surface area contributed by atoms with E-state index in [9.17, 15) is 4.79 Å². The van der Waals surface area contributed by atoms with Crippen LogP contribution in [0.25, 0.3) is 6.08 Å². The molecule has 0 aliphatic heterocycles. The third-order valence-corrected chi connectivity index (χ3v) is 4.28. The van der Waals surface area contributed by atoms with Gasteiger partial charge in [-0.15, -0.1) is 0 Å². The number of hydrogen-bond donors (Lipinski definition) is 1. The minimum atomic E-state index is -0.915. The molecule has 1 N–H and O–H groups in total. The molecule has 1 aliphatic carbocycles. The summed E-state index contributed by atoms with van der Waals surface area (Å²) in [5.74, 6) is -0.178. The van der Waals surface area contributed by atoms with Crippen LogP contribution in [0.2, 0.25) is 0 Å². The molecule has 3 nitrogen and oxygen atoms in total. The lowest BCUT2D eigenvalue weighted by Crippen LogP contribution is -2.38. The Hall–Kier alpha value is -1.77. The van der Waals surface area contributed by atoms with Crippen molar-refractivity contribution in [1.82, 2.24) is 0 Å². The van der Waals surface area contributed by atoms with E-state index in [4.69, 9.17) is 5.11 Å². The largest absolute Gasteiger partial charge is 0.478 e. The molecule has 1 aliphatic rings. The topological polar surface area (TPSA) is 40.5 Å². The minimum Gasteiger partial charge on any atom is -0.478 e. The number of carbonyl (C=O) groups is 1. The molecule has 2 unspecified atom stereocenters. The number of hydrogen-bond acceptors (Lipinski definition) is 2. The van der Waals surface area contributed by atoms with Crippen molar-refractivity contribution in [2.75, 3.05) is 11.9 Å². The molecular formula is C17H23NO2. The second-order valence-corrected chi connectivity index (χ2v) is 5.70. The molecule has 0 radical (unpaired) electrons. The molecule has 1 aromatic carbocycles. The molecule has 1 aromatic rings. The zero-order chi connectivity index (χ0) is 14.5. The Morgan fingerprint density at radius 1 is 1.25 bits per heavy atom. The molecule has 3 heteroatoms. The summed E-state index contributed by atoms with van der Waals surface area (Å²) in [4.78, 5) is 12.9. The lowest BCUT2D eigenvalue weighted by atomic mass is 9.85. The van der Waals surface area contributed by atoms with Crippen molar-refractivity contribution in [2.24, 2.45) is 5.92 Å². The van der Waals surface area contributed by atoms with Gasteiger partial charge in [0.15, 0.2) is 0 Å². The van der Waals surface area contributed by atoms with E-state index in [-0.39, 0.29) is 0 Å². The fourth-order valence-electron chi connectivity index (χ4n) is 3.05. The molecule has 1 fully saturated rings. The standard InChI is InChI=1S/C17H23NO2/c1-13-5-3-4-6-16(13)18(2)15-10-7-14(8-11-15)9-12-17(19)20/h7-13,16H,3-6H2,1-2H3,(H,19,20). The lowest BCUT2D eigenvalue weighted by molar-refractivity contribution is -0.131. The number of benzene rings is 1. The predicted octanol–water partition coefficient (Wildman–Crippen LogP) is 3.80. The van der Waals surface area contributed by atoms with E-state index in [2.05, 4.69) is 31.0 Å². The maximum Gasteiger partial charge on any atom is 0.328 e. The average molecular weight is 273 g/mol. The second kappa shape index (κ2) is 6.60. The molecule has 108 valence electrons. The molecular weight excluding hydrogens is 250 g/mol. The summed E-state index contributed by atoms with van der Waals surface area (Å²) in [7, 11) is 2.16. The first-order valence-electron chi connectivity index (χ1n) is 7.32. The summed E-state index contributed by atoms with van der Waals surface area (Å²) < 4.78 is 0. The van der Waals surface area contributed by atoms with Crippen LogP contribution in [0.3, 0.4) is 0 Å². The van der Waals surface area contributed by atoms with Crippen molar-refractivity contribution in [3.05, 3.63) is 35.9 Å². The normalized spacial score (nSPS) is 22.9. The SMILES string of the molecule is CC1CCCCC1N(C)c1ccc(C=CC(=O)O)cc1. The summed E-state index contributed by atoms with van der Waals surface area (Å²) in [6.07, 6.45) is 8.03. The summed E-state index contributed by atoms with van der Waals surface area (Å²) >= 11 is 0. The van der Waals surface area contributed by atoms with E-state index in [0.717, 1.165) is 11.5 Å². The minimum absolute atomic E-state index is 0.615. The Morgan fingerprint density at radius 2 is 1.90 bits per heavy atom. The highest BCUT2D eigenvalue weighted by atomic mass is 16.4. The molecule has 2 atom stereocenters. The van der Waals surface area contributed by atoms with Gasteiger partial charge in [-0.05, 0) is 42.5 Å². The quantitative estimate of drug-likeness (QED) is 0.848. The van der Waals surface area contributed by atoms with Gasteiger partial charge in [0.2, 0.25) is 0 Å². The lowest BCUT2D eigenvalue weighted by Gasteiger charge is -2.37. The highest BCUT2D eigenvalue weighted by molar-refractivity contribution is 5.85. The second-order valence-electron chi connectivity index (χ2n) is 5.70. The van der Waals surface area contributed by atoms with Gasteiger partial charge < -0.3 is 10.0 Å². The van der Waals surface area contributed by atoms with Gasteiger partial charge in [0.1, 0.15) is 0 Å². The highest BCUT2D eigenvalue weighted by Crippen LogP contribution is 2.30. The Balaban J connectivity index is 2.07. The Labute approximate surface area is 120 Å². The first kappa shape index (κ1) is 14.6. The van der Waals surface area contributed by atoms with Crippen molar-refractivity contribution in [1.29, 1.82) is 0 Å². The van der Waals surface area contributed by atoms with E-state index in [1.54, 1.807) is 6.08 Å². The maximum atomic E-state index is 10.5. The number of nitrogens with zero attached hydrogens (tertiary/aromatic N) is 1. The van der Waals surface area contributed by atoms with Gasteiger partial charge in [-0.2, -0.15) is 0 Å². The van der Waals surface area contributed by atoms with Crippen LogP contribution < -0.4 is 4.90 Å². The molecule has 0 amide bonds. The summed E-state index contributed by atoms with van der Waals surface area (Å²) in [6, 6.07) is 8.70. The van der Waals surface area contributed by atoms with E-state index in [1.165, 1.54) is 37.4 Å². The van der Waals surface area contributed by atoms with Crippen molar-refractivity contribution < 1.29 is 9.90 Å². The first-order valence-corrected chi connectivity index (χ1v) is 7.32. The summed E-state index contributed by atoms with van der Waals surface area (Å²) in [5.41, 5.74) is 2.12. The number of carboxylic acid groups (broad SMARTS) is 1. The number of anilines is 1. The van der Waals surface area contributed by atoms with Gasteiger partial charge in [0, 0.05) is 24.9 Å². The summed E-state index contributed by atoms with van der Waals surface area (Å²) in [6.45, 7) is 2.34. The average Bonchev–Trinajstić information content (AvgIpc) is 2.45. The van der Waals surface area contributed by atoms with Gasteiger partial charge in [0.25, 0.3) is 0 Å². The molecule has 0 saturated heterocycles. The molecule has 0 spiro atoms. The molecule has 0 bridgehead atoms. The van der Waals surface area contributed by atoms with Gasteiger partial charge >= 0.3 is 5.97 Å². The van der Waals surface area contributed by atoms with Crippen molar-refractivity contribution in [3.63, 3.8) is 0 Å². The van der Waals surface area contributed by atoms with Crippen LogP contribution in [0.5, 0.6) is 0 Å². The van der Waals surface area contributed by atoms with E-state index < -0.39 is 5.97 Å². The molecule has 1 saturated carbocycles. The zero-order valence-corrected chi connectivity index (χ0v) is 12.2. The maximum absolute atomic E-state index is 10.5. The van der Waals surface area contributed by atoms with E-state index in [0.29, 0.717) is 6.04 Å². The van der Waals surface area contributed by atoms with E-state index >= 15 is 0 Å². The van der Waals surface area contributed by atoms with Gasteiger partial charge in [-0.1, -0.05) is 31.9 Å². The monoisotopic (exact) mass is 273 g/mol.